The van der Waals surface area contributed by atoms with E-state index in [0.717, 1.165) is 6.04 Å². The van der Waals surface area contributed by atoms with Gasteiger partial charge in [0.1, 0.15) is 0 Å². The number of halogens is 1. The van der Waals surface area contributed by atoms with Gasteiger partial charge in [0, 0.05) is 0 Å². The fourth-order valence-electron chi connectivity index (χ4n) is 1.49. The summed E-state index contributed by atoms with van der Waals surface area (Å²) >= 11 is 0. The first-order valence-electron chi connectivity index (χ1n) is 5.44. The van der Waals surface area contributed by atoms with Gasteiger partial charge in [0.25, 0.3) is 0 Å². The highest BCUT2D eigenvalue weighted by Gasteiger charge is 2.15. The normalized spacial score (nSPS) is 12.2. The summed E-state index contributed by atoms with van der Waals surface area (Å²) in [5.74, 6) is 0. The molecule has 0 fully saturated rings. The molecule has 0 aromatic heterocycles. The van der Waals surface area contributed by atoms with Gasteiger partial charge in [-0.05, 0) is 12.0 Å². The average Bonchev–Trinajstić information content (AvgIpc) is 2.25. The Morgan fingerprint density at radius 3 is 2.47 bits per heavy atom. The summed E-state index contributed by atoms with van der Waals surface area (Å²) in [7, 11) is -1.33. The molecule has 0 saturated carbocycles. The monoisotopic (exact) mass is 222 g/mol. The minimum absolute atomic E-state index is 0.185. The summed E-state index contributed by atoms with van der Waals surface area (Å²) in [5, 5.41) is 0. The van der Waals surface area contributed by atoms with Crippen molar-refractivity contribution in [2.24, 2.45) is 0 Å². The summed E-state index contributed by atoms with van der Waals surface area (Å²) in [4.78, 5) is 0. The van der Waals surface area contributed by atoms with Gasteiger partial charge in [0.2, 0.25) is 0 Å². The van der Waals surface area contributed by atoms with Crippen LogP contribution in [0, 0.1) is 0 Å². The summed E-state index contributed by atoms with van der Waals surface area (Å²) in [5.41, 5.74) is 3.54. The molecule has 2 heteroatoms. The minimum atomic E-state index is -1.33. The molecule has 0 amide bonds. The maximum absolute atomic E-state index is 12.1. The van der Waals surface area contributed by atoms with Crippen molar-refractivity contribution in [3.05, 3.63) is 41.6 Å². The number of hydrogen-bond donors (Lipinski definition) is 0. The molecule has 82 valence electrons. The van der Waals surface area contributed by atoms with E-state index in [-0.39, 0.29) is 6.67 Å². The summed E-state index contributed by atoms with van der Waals surface area (Å²) < 4.78 is 12.1. The first kappa shape index (κ1) is 12.2. The minimum Gasteiger partial charge on any atom is -0.251 e. The Hall–Kier alpha value is -0.893. The fraction of sp³-hybridized carbons (Fsp3) is 0.385. The van der Waals surface area contributed by atoms with Gasteiger partial charge >= 0.3 is 0 Å². The molecule has 0 nitrogen and oxygen atoms in total. The van der Waals surface area contributed by atoms with Crippen LogP contribution < -0.4 is 0 Å². The number of alkyl halides is 1. The largest absolute Gasteiger partial charge is 0.251 e. The van der Waals surface area contributed by atoms with E-state index < -0.39 is 8.07 Å². The van der Waals surface area contributed by atoms with E-state index in [1.165, 1.54) is 5.56 Å². The average molecular weight is 222 g/mol. The van der Waals surface area contributed by atoms with Crippen LogP contribution in [0.3, 0.4) is 0 Å². The summed E-state index contributed by atoms with van der Waals surface area (Å²) in [6, 6.07) is 11.3. The zero-order valence-corrected chi connectivity index (χ0v) is 10.5. The molecule has 0 bridgehead atoms. The van der Waals surface area contributed by atoms with Crippen molar-refractivity contribution >= 4 is 14.1 Å². The lowest BCUT2D eigenvalue weighted by atomic mass is 10.2. The van der Waals surface area contributed by atoms with Gasteiger partial charge in [-0.2, -0.15) is 0 Å². The molecule has 0 aliphatic heterocycles. The third kappa shape index (κ3) is 4.93. The Balaban J connectivity index is 2.56. The zero-order chi connectivity index (χ0) is 11.1. The molecule has 0 aliphatic carbocycles. The van der Waals surface area contributed by atoms with E-state index in [2.05, 4.69) is 37.0 Å². The molecule has 0 radical (unpaired) electrons. The third-order valence-electron chi connectivity index (χ3n) is 2.48. The first-order valence-corrected chi connectivity index (χ1v) is 8.73. The predicted molar refractivity (Wildman–Crippen MR) is 68.4 cm³/mol. The lowest BCUT2D eigenvalue weighted by Gasteiger charge is -2.16. The van der Waals surface area contributed by atoms with Crippen LogP contribution in [0.1, 0.15) is 12.0 Å². The van der Waals surface area contributed by atoms with Crippen LogP contribution in [0.2, 0.25) is 19.1 Å². The lowest BCUT2D eigenvalue weighted by molar-refractivity contribution is 0.485. The van der Waals surface area contributed by atoms with Gasteiger partial charge in [-0.25, -0.2) is 0 Å². The topological polar surface area (TPSA) is 0 Å². The van der Waals surface area contributed by atoms with Crippen LogP contribution in [0.25, 0.3) is 6.08 Å². The highest BCUT2D eigenvalue weighted by molar-refractivity contribution is 6.82. The van der Waals surface area contributed by atoms with Gasteiger partial charge in [-0.1, -0.05) is 61.2 Å². The second-order valence-electron chi connectivity index (χ2n) is 4.53. The Morgan fingerprint density at radius 1 is 1.20 bits per heavy atom. The molecular weight excluding hydrogens is 203 g/mol. The molecule has 0 spiro atoms. The quantitative estimate of drug-likeness (QED) is 0.651. The van der Waals surface area contributed by atoms with Crippen LogP contribution in [-0.2, 0) is 0 Å². The van der Waals surface area contributed by atoms with Crippen LogP contribution in [-0.4, -0.2) is 14.7 Å². The SMILES string of the molecule is C[Si](C)(C=Cc1ccccc1)CCCF. The van der Waals surface area contributed by atoms with Crippen molar-refractivity contribution in [1.82, 2.24) is 0 Å². The van der Waals surface area contributed by atoms with Crippen LogP contribution in [0.4, 0.5) is 4.39 Å². The number of benzene rings is 1. The fourth-order valence-corrected chi connectivity index (χ4v) is 3.35. The molecule has 1 aromatic carbocycles. The standard InChI is InChI=1S/C13H19FSi/c1-15(2,11-6-10-14)12-9-13-7-4-3-5-8-13/h3-5,7-9,12H,6,10-11H2,1-2H3. The predicted octanol–water partition coefficient (Wildman–Crippen LogP) is 4.31. The maximum atomic E-state index is 12.1. The molecule has 1 rings (SSSR count). The molecular formula is C13H19FSi. The zero-order valence-electron chi connectivity index (χ0n) is 9.54. The molecule has 0 N–H and O–H groups in total. The van der Waals surface area contributed by atoms with Gasteiger partial charge in [-0.15, -0.1) is 0 Å². The van der Waals surface area contributed by atoms with Crippen molar-refractivity contribution < 1.29 is 4.39 Å². The van der Waals surface area contributed by atoms with Crippen LogP contribution >= 0.6 is 0 Å². The molecule has 0 aliphatic rings. The van der Waals surface area contributed by atoms with Crippen LogP contribution in [0.15, 0.2) is 36.0 Å². The lowest BCUT2D eigenvalue weighted by Crippen LogP contribution is -2.21. The van der Waals surface area contributed by atoms with Crippen LogP contribution in [0.5, 0.6) is 0 Å². The molecule has 0 heterocycles. The maximum Gasteiger partial charge on any atom is 0.0891 e. The number of hydrogen-bond acceptors (Lipinski definition) is 0. The van der Waals surface area contributed by atoms with E-state index in [1.54, 1.807) is 0 Å². The Morgan fingerprint density at radius 2 is 1.87 bits per heavy atom. The van der Waals surface area contributed by atoms with E-state index >= 15 is 0 Å². The molecule has 0 saturated heterocycles. The Labute approximate surface area is 92.8 Å². The van der Waals surface area contributed by atoms with E-state index in [9.17, 15) is 4.39 Å². The molecule has 0 atom stereocenters. The van der Waals surface area contributed by atoms with E-state index in [4.69, 9.17) is 0 Å². The smallest absolute Gasteiger partial charge is 0.0891 e. The van der Waals surface area contributed by atoms with Crippen molar-refractivity contribution in [2.45, 2.75) is 25.6 Å². The first-order chi connectivity index (χ1) is 7.14. The van der Waals surface area contributed by atoms with Gasteiger partial charge in [-0.3, -0.25) is 4.39 Å². The van der Waals surface area contributed by atoms with Crippen molar-refractivity contribution in [2.75, 3.05) is 6.67 Å². The van der Waals surface area contributed by atoms with Crippen molar-refractivity contribution in [1.29, 1.82) is 0 Å². The summed E-state index contributed by atoms with van der Waals surface area (Å²) in [6.45, 7) is 4.37. The Bertz CT molecular complexity index is 304. The van der Waals surface area contributed by atoms with Gasteiger partial charge in [0.15, 0.2) is 0 Å². The van der Waals surface area contributed by atoms with Gasteiger partial charge < -0.3 is 0 Å². The van der Waals surface area contributed by atoms with E-state index in [1.807, 2.05) is 18.2 Å². The highest BCUT2D eigenvalue weighted by atomic mass is 28.3. The number of rotatable bonds is 5. The summed E-state index contributed by atoms with van der Waals surface area (Å²) in [6.07, 6.45) is 2.88. The molecule has 1 aromatic rings. The highest BCUT2D eigenvalue weighted by Crippen LogP contribution is 2.15. The van der Waals surface area contributed by atoms with Crippen molar-refractivity contribution in [3.8, 4) is 0 Å². The van der Waals surface area contributed by atoms with Gasteiger partial charge in [0.05, 0.1) is 14.7 Å². The molecule has 15 heavy (non-hydrogen) atoms. The Kier molecular flexibility index (Phi) is 4.76. The third-order valence-corrected chi connectivity index (χ3v) is 5.19. The van der Waals surface area contributed by atoms with E-state index in [0.29, 0.717) is 6.42 Å². The second-order valence-corrected chi connectivity index (χ2v) is 9.34. The van der Waals surface area contributed by atoms with Crippen molar-refractivity contribution in [3.63, 3.8) is 0 Å². The molecule has 0 unspecified atom stereocenters. The second kappa shape index (κ2) is 5.86.